The number of nitrogens with one attached hydrogen (secondary N) is 1. The van der Waals surface area contributed by atoms with E-state index in [1.807, 2.05) is 18.2 Å². The number of H-pyrrole nitrogens is 1. The first-order valence-corrected chi connectivity index (χ1v) is 6.86. The van der Waals surface area contributed by atoms with E-state index in [0.717, 1.165) is 25.1 Å². The van der Waals surface area contributed by atoms with Gasteiger partial charge in [-0.1, -0.05) is 0 Å². The first kappa shape index (κ1) is 13.7. The van der Waals surface area contributed by atoms with E-state index < -0.39 is 0 Å². The number of methoxy groups -OCH3 is 2. The Morgan fingerprint density at radius 1 is 1.29 bits per heavy atom. The van der Waals surface area contributed by atoms with E-state index in [1.54, 1.807) is 14.2 Å². The summed E-state index contributed by atoms with van der Waals surface area (Å²) in [5.74, 6) is 2.74. The Kier molecular flexibility index (Phi) is 3.66. The second-order valence-corrected chi connectivity index (χ2v) is 5.05. The molecule has 0 bridgehead atoms. The molecule has 1 fully saturated rings. The van der Waals surface area contributed by atoms with E-state index in [9.17, 15) is 0 Å². The van der Waals surface area contributed by atoms with Crippen molar-refractivity contribution in [2.45, 2.75) is 12.5 Å². The van der Waals surface area contributed by atoms with Crippen LogP contribution in [0, 0.1) is 0 Å². The number of aromatic amines is 1. The lowest BCUT2D eigenvalue weighted by atomic mass is 10.2. The van der Waals surface area contributed by atoms with Crippen LogP contribution in [0.4, 0.5) is 5.95 Å². The minimum absolute atomic E-state index is 0.202. The molecule has 0 saturated carbocycles. The first-order chi connectivity index (χ1) is 10.2. The second-order valence-electron chi connectivity index (χ2n) is 5.05. The number of anilines is 1. The fourth-order valence-corrected chi connectivity index (χ4v) is 2.48. The van der Waals surface area contributed by atoms with Gasteiger partial charge in [0.15, 0.2) is 17.3 Å². The minimum atomic E-state index is 0.202. The number of nitrogens with two attached hydrogens (primary N) is 1. The molecule has 2 aromatic rings. The molecule has 1 aliphatic heterocycles. The van der Waals surface area contributed by atoms with Gasteiger partial charge in [0, 0.05) is 24.7 Å². The third kappa shape index (κ3) is 2.64. The summed E-state index contributed by atoms with van der Waals surface area (Å²) in [6.07, 6.45) is 0.972. The molecule has 7 nitrogen and oxygen atoms in total. The van der Waals surface area contributed by atoms with E-state index in [-0.39, 0.29) is 6.04 Å². The predicted octanol–water partition coefficient (Wildman–Crippen LogP) is 1.03. The van der Waals surface area contributed by atoms with Crippen molar-refractivity contribution in [2.75, 3.05) is 32.2 Å². The van der Waals surface area contributed by atoms with Crippen molar-refractivity contribution >= 4 is 5.95 Å². The van der Waals surface area contributed by atoms with Gasteiger partial charge < -0.3 is 20.1 Å². The molecule has 0 amide bonds. The quantitative estimate of drug-likeness (QED) is 0.873. The van der Waals surface area contributed by atoms with Crippen LogP contribution in [-0.4, -0.2) is 48.5 Å². The third-order valence-corrected chi connectivity index (χ3v) is 3.64. The molecule has 1 aromatic carbocycles. The van der Waals surface area contributed by atoms with E-state index >= 15 is 0 Å². The number of ether oxygens (including phenoxy) is 2. The summed E-state index contributed by atoms with van der Waals surface area (Å²) in [5.41, 5.74) is 6.81. The van der Waals surface area contributed by atoms with Crippen LogP contribution >= 0.6 is 0 Å². The lowest BCUT2D eigenvalue weighted by molar-refractivity contribution is 0.355. The summed E-state index contributed by atoms with van der Waals surface area (Å²) in [5, 5.41) is 7.23. The first-order valence-electron chi connectivity index (χ1n) is 6.86. The fourth-order valence-electron chi connectivity index (χ4n) is 2.48. The van der Waals surface area contributed by atoms with Crippen LogP contribution in [0.25, 0.3) is 11.4 Å². The highest BCUT2D eigenvalue weighted by Crippen LogP contribution is 2.31. The smallest absolute Gasteiger partial charge is 0.245 e. The summed E-state index contributed by atoms with van der Waals surface area (Å²) >= 11 is 0. The summed E-state index contributed by atoms with van der Waals surface area (Å²) < 4.78 is 10.5. The van der Waals surface area contributed by atoms with E-state index in [0.29, 0.717) is 23.3 Å². The standard InChI is InChI=1S/C14H19N5O2/c1-20-11-4-3-9(7-12(11)21-2)13-16-14(18-17-13)19-6-5-10(15)8-19/h3-4,7,10H,5-6,8,15H2,1-2H3,(H,16,17,18). The molecular weight excluding hydrogens is 270 g/mol. The van der Waals surface area contributed by atoms with Crippen molar-refractivity contribution in [1.29, 1.82) is 0 Å². The lowest BCUT2D eigenvalue weighted by Crippen LogP contribution is -2.26. The van der Waals surface area contributed by atoms with Crippen LogP contribution in [0.1, 0.15) is 6.42 Å². The Hall–Kier alpha value is -2.28. The fraction of sp³-hybridized carbons (Fsp3) is 0.429. The Morgan fingerprint density at radius 3 is 2.76 bits per heavy atom. The topological polar surface area (TPSA) is 89.3 Å². The monoisotopic (exact) mass is 289 g/mol. The number of rotatable bonds is 4. The molecule has 3 rings (SSSR count). The summed E-state index contributed by atoms with van der Waals surface area (Å²) in [6, 6.07) is 5.84. The van der Waals surface area contributed by atoms with Crippen molar-refractivity contribution in [3.8, 4) is 22.9 Å². The summed E-state index contributed by atoms with van der Waals surface area (Å²) in [4.78, 5) is 6.62. The van der Waals surface area contributed by atoms with Crippen molar-refractivity contribution in [1.82, 2.24) is 15.2 Å². The van der Waals surface area contributed by atoms with Crippen LogP contribution < -0.4 is 20.1 Å². The molecular formula is C14H19N5O2. The van der Waals surface area contributed by atoms with Gasteiger partial charge in [0.2, 0.25) is 5.95 Å². The van der Waals surface area contributed by atoms with E-state index in [2.05, 4.69) is 20.1 Å². The molecule has 1 atom stereocenters. The third-order valence-electron chi connectivity index (χ3n) is 3.64. The molecule has 0 spiro atoms. The van der Waals surface area contributed by atoms with E-state index in [4.69, 9.17) is 15.2 Å². The average molecular weight is 289 g/mol. The average Bonchev–Trinajstić information content (AvgIpc) is 3.15. The molecule has 112 valence electrons. The molecule has 21 heavy (non-hydrogen) atoms. The number of hydrogen-bond donors (Lipinski definition) is 2. The van der Waals surface area contributed by atoms with Gasteiger partial charge in [0.05, 0.1) is 14.2 Å². The Morgan fingerprint density at radius 2 is 2.10 bits per heavy atom. The maximum absolute atomic E-state index is 5.91. The van der Waals surface area contributed by atoms with Gasteiger partial charge in [-0.15, -0.1) is 5.10 Å². The van der Waals surface area contributed by atoms with Crippen LogP contribution in [-0.2, 0) is 0 Å². The highest BCUT2D eigenvalue weighted by atomic mass is 16.5. The zero-order valence-electron chi connectivity index (χ0n) is 12.2. The number of benzene rings is 1. The maximum atomic E-state index is 5.91. The maximum Gasteiger partial charge on any atom is 0.245 e. The molecule has 0 aliphatic carbocycles. The molecule has 1 aromatic heterocycles. The van der Waals surface area contributed by atoms with Crippen LogP contribution in [0.3, 0.4) is 0 Å². The summed E-state index contributed by atoms with van der Waals surface area (Å²) in [6.45, 7) is 1.69. The number of nitrogens with zero attached hydrogens (tertiary/aromatic N) is 3. The molecule has 0 radical (unpaired) electrons. The molecule has 7 heteroatoms. The van der Waals surface area contributed by atoms with Crippen LogP contribution in [0.2, 0.25) is 0 Å². The van der Waals surface area contributed by atoms with Gasteiger partial charge in [0.25, 0.3) is 0 Å². The van der Waals surface area contributed by atoms with Gasteiger partial charge in [-0.25, -0.2) is 0 Å². The van der Waals surface area contributed by atoms with Gasteiger partial charge in [-0.2, -0.15) is 4.98 Å². The number of hydrogen-bond acceptors (Lipinski definition) is 6. The normalized spacial score (nSPS) is 18.0. The zero-order chi connectivity index (χ0) is 14.8. The molecule has 1 aliphatic rings. The van der Waals surface area contributed by atoms with Crippen molar-refractivity contribution < 1.29 is 9.47 Å². The Labute approximate surface area is 123 Å². The molecule has 3 N–H and O–H groups in total. The Bertz CT molecular complexity index is 628. The van der Waals surface area contributed by atoms with Crippen molar-refractivity contribution in [3.63, 3.8) is 0 Å². The van der Waals surface area contributed by atoms with Gasteiger partial charge in [0.1, 0.15) is 0 Å². The lowest BCUT2D eigenvalue weighted by Gasteiger charge is -2.11. The van der Waals surface area contributed by atoms with Crippen molar-refractivity contribution in [3.05, 3.63) is 18.2 Å². The minimum Gasteiger partial charge on any atom is -0.493 e. The van der Waals surface area contributed by atoms with E-state index in [1.165, 1.54) is 0 Å². The van der Waals surface area contributed by atoms with Gasteiger partial charge >= 0.3 is 0 Å². The molecule has 1 saturated heterocycles. The second kappa shape index (κ2) is 5.61. The predicted molar refractivity (Wildman–Crippen MR) is 79.7 cm³/mol. The zero-order valence-corrected chi connectivity index (χ0v) is 12.2. The van der Waals surface area contributed by atoms with Crippen LogP contribution in [0.15, 0.2) is 18.2 Å². The highest BCUT2D eigenvalue weighted by Gasteiger charge is 2.22. The molecule has 2 heterocycles. The Balaban J connectivity index is 1.86. The summed E-state index contributed by atoms with van der Waals surface area (Å²) in [7, 11) is 3.22. The number of aromatic nitrogens is 3. The molecule has 1 unspecified atom stereocenters. The largest absolute Gasteiger partial charge is 0.493 e. The van der Waals surface area contributed by atoms with Gasteiger partial charge in [-0.3, -0.25) is 5.10 Å². The highest BCUT2D eigenvalue weighted by molar-refractivity contribution is 5.62. The van der Waals surface area contributed by atoms with Crippen LogP contribution in [0.5, 0.6) is 11.5 Å². The SMILES string of the molecule is COc1ccc(-c2nc(N3CCC(N)C3)n[nH]2)cc1OC. The van der Waals surface area contributed by atoms with Crippen molar-refractivity contribution in [2.24, 2.45) is 5.73 Å². The van der Waals surface area contributed by atoms with Gasteiger partial charge in [-0.05, 0) is 24.6 Å².